The lowest BCUT2D eigenvalue weighted by atomic mass is 10.1. The number of nitro groups is 1. The number of fused-ring (bicyclic) bond motifs is 1. The first kappa shape index (κ1) is 48.1. The van der Waals surface area contributed by atoms with Crippen molar-refractivity contribution in [2.75, 3.05) is 14.2 Å². The van der Waals surface area contributed by atoms with Gasteiger partial charge in [-0.05, 0) is 29.0 Å². The fourth-order valence-electron chi connectivity index (χ4n) is 6.09. The minimum absolute atomic E-state index is 0.0343. The number of aromatic nitrogens is 6. The van der Waals surface area contributed by atoms with E-state index >= 15 is 0 Å². The maximum Gasteiger partial charge on any atom is 0.289 e. The van der Waals surface area contributed by atoms with Crippen LogP contribution < -0.4 is 14.2 Å². The molecule has 10 aromatic rings. The highest BCUT2D eigenvalue weighted by molar-refractivity contribution is 7.95. The Labute approximate surface area is 410 Å². The highest BCUT2D eigenvalue weighted by Crippen LogP contribution is 2.30. The van der Waals surface area contributed by atoms with E-state index in [1.165, 1.54) is 18.2 Å². The van der Waals surface area contributed by atoms with Gasteiger partial charge in [-0.25, -0.2) is 25.3 Å². The van der Waals surface area contributed by atoms with Crippen molar-refractivity contribution in [2.45, 2.75) is 14.0 Å². The molecule has 69 heavy (non-hydrogen) atoms. The molecule has 0 atom stereocenters. The monoisotopic (exact) mass is 1050 g/mol. The second-order valence-electron chi connectivity index (χ2n) is 13.8. The number of anilines is 3. The lowest BCUT2D eigenvalue weighted by Gasteiger charge is -2.08. The van der Waals surface area contributed by atoms with Gasteiger partial charge in [-0.2, -0.15) is 28.1 Å². The van der Waals surface area contributed by atoms with Gasteiger partial charge in [-0.15, -0.1) is 11.3 Å². The number of thiophene rings is 1. The Morgan fingerprint density at radius 1 is 0.435 bits per heavy atom. The van der Waals surface area contributed by atoms with Crippen LogP contribution in [0.2, 0.25) is 0 Å². The summed E-state index contributed by atoms with van der Waals surface area (Å²) in [5, 5.41) is 14.8. The molecule has 6 aromatic carbocycles. The standard InChI is InChI=1S/C18H13N3O2S2.C14H10N4O4S2.C12H9N3O2S3/c22-25(23,16-12-6-10-13-7-4-5-11-15(13)16)21-18-19-17(20-24-18)14-8-2-1-3-9-14;19-18(20)11-8-4-5-9-12(11)24(21,22)17-14-15-13(16-23-14)10-6-2-1-3-7-10;16-20(17,10-7-4-8-18-10)15-12-13-11(14-19-12)9-5-2-1-3-6-9/h1-12H,(H,19,20,21);1-9H,(H,15,16,17);1-8H,(H,13,14,15). The highest BCUT2D eigenvalue weighted by atomic mass is 32.2. The van der Waals surface area contributed by atoms with Crippen molar-refractivity contribution >= 4 is 108 Å². The smallest absolute Gasteiger partial charge is 0.258 e. The molecule has 0 aliphatic heterocycles. The van der Waals surface area contributed by atoms with Gasteiger partial charge in [0.1, 0.15) is 4.21 Å². The predicted octanol–water partition coefficient (Wildman–Crippen LogP) is 10.1. The zero-order chi connectivity index (χ0) is 48.4. The summed E-state index contributed by atoms with van der Waals surface area (Å²) >= 11 is 4.06. The molecule has 0 spiro atoms. The molecule has 3 N–H and O–H groups in total. The largest absolute Gasteiger partial charge is 0.289 e. The van der Waals surface area contributed by atoms with E-state index in [1.54, 1.807) is 47.8 Å². The second kappa shape index (κ2) is 21.3. The SMILES string of the molecule is O=S(=O)(Nc1nc(-c2ccccc2)ns1)c1cccc2ccccc12.O=S(=O)(Nc1nc(-c2ccccc2)ns1)c1cccs1.O=[N+]([O-])c1ccccc1S(=O)(=O)Nc1nc(-c2ccccc2)ns1. The van der Waals surface area contributed by atoms with Gasteiger partial charge in [-0.3, -0.25) is 24.3 Å². The van der Waals surface area contributed by atoms with Crippen LogP contribution in [0.25, 0.3) is 44.9 Å². The number of benzene rings is 6. The number of para-hydroxylation sites is 1. The molecule has 348 valence electrons. The summed E-state index contributed by atoms with van der Waals surface area (Å²) < 4.78 is 94.4. The summed E-state index contributed by atoms with van der Waals surface area (Å²) in [6, 6.07) is 48.8. The Kier molecular flexibility index (Phi) is 14.8. The summed E-state index contributed by atoms with van der Waals surface area (Å²) in [5.74, 6) is 1.39. The first-order valence-electron chi connectivity index (χ1n) is 19.8. The molecule has 0 bridgehead atoms. The Bertz CT molecular complexity index is 3690. The zero-order valence-corrected chi connectivity index (χ0v) is 40.7. The third kappa shape index (κ3) is 12.0. The van der Waals surface area contributed by atoms with E-state index in [4.69, 9.17) is 0 Å². The third-order valence-electron chi connectivity index (χ3n) is 9.19. The molecule has 10 rings (SSSR count). The Morgan fingerprint density at radius 2 is 0.841 bits per heavy atom. The quantitative estimate of drug-likeness (QED) is 0.0717. The summed E-state index contributed by atoms with van der Waals surface area (Å²) in [5.41, 5.74) is 1.93. The van der Waals surface area contributed by atoms with Crippen molar-refractivity contribution < 1.29 is 30.2 Å². The van der Waals surface area contributed by atoms with Crippen LogP contribution in [0.15, 0.2) is 189 Å². The molecule has 0 unspecified atom stereocenters. The number of nitrogens with zero attached hydrogens (tertiary/aromatic N) is 7. The number of hydrogen-bond donors (Lipinski definition) is 3. The van der Waals surface area contributed by atoms with Gasteiger partial charge in [0.15, 0.2) is 22.4 Å². The van der Waals surface area contributed by atoms with Crippen LogP contribution in [-0.4, -0.2) is 58.2 Å². The van der Waals surface area contributed by atoms with Crippen molar-refractivity contribution in [1.82, 2.24) is 28.1 Å². The molecule has 0 amide bonds. The summed E-state index contributed by atoms with van der Waals surface area (Å²) in [4.78, 5) is 22.7. The van der Waals surface area contributed by atoms with Crippen molar-refractivity contribution in [3.8, 4) is 34.2 Å². The van der Waals surface area contributed by atoms with E-state index in [1.807, 2.05) is 103 Å². The Morgan fingerprint density at radius 3 is 1.32 bits per heavy atom. The molecule has 0 aliphatic carbocycles. The first-order valence-corrected chi connectivity index (χ1v) is 27.4. The number of hydrogen-bond acceptors (Lipinski definition) is 18. The normalized spacial score (nSPS) is 11.4. The summed E-state index contributed by atoms with van der Waals surface area (Å²) in [6.07, 6.45) is 0. The van der Waals surface area contributed by atoms with Crippen molar-refractivity contribution in [3.05, 3.63) is 185 Å². The second-order valence-corrected chi connectivity index (χ2v) is 22.2. The van der Waals surface area contributed by atoms with Crippen molar-refractivity contribution in [1.29, 1.82) is 0 Å². The van der Waals surface area contributed by atoms with Gasteiger partial charge in [-0.1, -0.05) is 146 Å². The maximum absolute atomic E-state index is 12.8. The van der Waals surface area contributed by atoms with Gasteiger partial charge in [0, 0.05) is 62.7 Å². The molecule has 0 saturated carbocycles. The van der Waals surface area contributed by atoms with Crippen LogP contribution >= 0.6 is 45.9 Å². The van der Waals surface area contributed by atoms with Crippen LogP contribution in [0.4, 0.5) is 21.1 Å². The van der Waals surface area contributed by atoms with Gasteiger partial charge in [0.25, 0.3) is 35.8 Å². The topological polar surface area (TPSA) is 259 Å². The molecule has 0 saturated heterocycles. The van der Waals surface area contributed by atoms with E-state index in [9.17, 15) is 35.4 Å². The van der Waals surface area contributed by atoms with E-state index < -0.39 is 45.6 Å². The van der Waals surface area contributed by atoms with Gasteiger partial charge in [0.2, 0.25) is 15.4 Å². The molecule has 18 nitrogen and oxygen atoms in total. The average molecular weight is 1050 g/mol. The van der Waals surface area contributed by atoms with Crippen LogP contribution in [-0.2, 0) is 30.1 Å². The van der Waals surface area contributed by atoms with Crippen LogP contribution in [0.5, 0.6) is 0 Å². The molecule has 25 heteroatoms. The number of rotatable bonds is 13. The molecule has 4 heterocycles. The highest BCUT2D eigenvalue weighted by Gasteiger charge is 2.27. The molecule has 0 radical (unpaired) electrons. The van der Waals surface area contributed by atoms with Crippen LogP contribution in [0.3, 0.4) is 0 Å². The van der Waals surface area contributed by atoms with Gasteiger partial charge in [0.05, 0.1) is 9.82 Å². The van der Waals surface area contributed by atoms with Gasteiger partial charge >= 0.3 is 0 Å². The molecular formula is C44H32N10O8S7. The lowest BCUT2D eigenvalue weighted by Crippen LogP contribution is -2.14. The van der Waals surface area contributed by atoms with Crippen molar-refractivity contribution in [2.24, 2.45) is 0 Å². The van der Waals surface area contributed by atoms with E-state index in [0.29, 0.717) is 22.9 Å². The maximum atomic E-state index is 12.8. The number of sulfonamides is 3. The fourth-order valence-corrected chi connectivity index (χ4v) is 12.9. The summed E-state index contributed by atoms with van der Waals surface area (Å²) in [6.45, 7) is 0. The minimum Gasteiger partial charge on any atom is -0.258 e. The minimum atomic E-state index is -4.14. The molecule has 0 fully saturated rings. The average Bonchev–Trinajstić information content (AvgIpc) is 4.22. The molecular weight excluding hydrogens is 1020 g/mol. The number of nitro benzene ring substituents is 1. The van der Waals surface area contributed by atoms with Gasteiger partial charge < -0.3 is 0 Å². The Balaban J connectivity index is 0.000000140. The third-order valence-corrected chi connectivity index (χ3v) is 17.0. The van der Waals surface area contributed by atoms with E-state index in [2.05, 4.69) is 42.2 Å². The van der Waals surface area contributed by atoms with E-state index in [0.717, 1.165) is 74.1 Å². The molecule has 0 aliphatic rings. The van der Waals surface area contributed by atoms with Crippen LogP contribution in [0, 0.1) is 10.1 Å². The molecule has 4 aromatic heterocycles. The van der Waals surface area contributed by atoms with Crippen molar-refractivity contribution in [3.63, 3.8) is 0 Å². The van der Waals surface area contributed by atoms with E-state index in [-0.39, 0.29) is 24.5 Å². The fraction of sp³-hybridized carbons (Fsp3) is 0. The first-order chi connectivity index (χ1) is 33.3. The zero-order valence-electron chi connectivity index (χ0n) is 35.0. The Hall–Kier alpha value is -7.39. The van der Waals surface area contributed by atoms with Crippen LogP contribution in [0.1, 0.15) is 0 Å². The predicted molar refractivity (Wildman–Crippen MR) is 270 cm³/mol. The number of nitrogens with one attached hydrogen (secondary N) is 3. The summed E-state index contributed by atoms with van der Waals surface area (Å²) in [7, 11) is -11.5. The lowest BCUT2D eigenvalue weighted by molar-refractivity contribution is -0.387.